The number of nitro groups is 1. The molecule has 0 spiro atoms. The van der Waals surface area contributed by atoms with Crippen molar-refractivity contribution in [3.8, 4) is 5.75 Å². The van der Waals surface area contributed by atoms with Gasteiger partial charge in [-0.1, -0.05) is 6.07 Å². The second-order valence-corrected chi connectivity index (χ2v) is 6.13. The minimum absolute atomic E-state index is 0.0912. The third kappa shape index (κ3) is 4.22. The summed E-state index contributed by atoms with van der Waals surface area (Å²) in [6.07, 6.45) is 0.0912. The second kappa shape index (κ2) is 7.86. The van der Waals surface area contributed by atoms with Crippen LogP contribution in [0.15, 0.2) is 48.5 Å². The van der Waals surface area contributed by atoms with Gasteiger partial charge in [0.25, 0.3) is 5.69 Å². The predicted octanol–water partition coefficient (Wildman–Crippen LogP) is 2.99. The first-order valence-corrected chi connectivity index (χ1v) is 8.56. The zero-order chi connectivity index (χ0) is 19.4. The van der Waals surface area contributed by atoms with E-state index >= 15 is 0 Å². The fourth-order valence-corrected chi connectivity index (χ4v) is 2.96. The van der Waals surface area contributed by atoms with E-state index in [9.17, 15) is 19.7 Å². The first-order valence-electron chi connectivity index (χ1n) is 8.56. The molecule has 27 heavy (non-hydrogen) atoms. The molecule has 2 amide bonds. The summed E-state index contributed by atoms with van der Waals surface area (Å²) in [6, 6.07) is 12.8. The van der Waals surface area contributed by atoms with Crippen LogP contribution in [0.4, 0.5) is 17.1 Å². The highest BCUT2D eigenvalue weighted by Gasteiger charge is 2.35. The monoisotopic (exact) mass is 369 g/mol. The van der Waals surface area contributed by atoms with Crippen molar-refractivity contribution in [3.63, 3.8) is 0 Å². The maximum atomic E-state index is 12.5. The van der Waals surface area contributed by atoms with Crippen LogP contribution < -0.4 is 15.0 Å². The van der Waals surface area contributed by atoms with Crippen molar-refractivity contribution in [1.29, 1.82) is 0 Å². The summed E-state index contributed by atoms with van der Waals surface area (Å²) in [5.41, 5.74) is 0.932. The van der Waals surface area contributed by atoms with Gasteiger partial charge >= 0.3 is 0 Å². The highest BCUT2D eigenvalue weighted by Crippen LogP contribution is 2.28. The summed E-state index contributed by atoms with van der Waals surface area (Å²) < 4.78 is 5.39. The largest absolute Gasteiger partial charge is 0.494 e. The van der Waals surface area contributed by atoms with Gasteiger partial charge in [0.05, 0.1) is 17.4 Å². The number of ether oxygens (including phenoxy) is 1. The van der Waals surface area contributed by atoms with Gasteiger partial charge in [0.2, 0.25) is 11.8 Å². The van der Waals surface area contributed by atoms with Crippen LogP contribution in [0.2, 0.25) is 0 Å². The molecule has 0 saturated carbocycles. The van der Waals surface area contributed by atoms with E-state index in [1.165, 1.54) is 18.2 Å². The molecule has 8 nitrogen and oxygen atoms in total. The average Bonchev–Trinajstić information content (AvgIpc) is 3.05. The lowest BCUT2D eigenvalue weighted by Gasteiger charge is -2.17. The number of hydrogen-bond acceptors (Lipinski definition) is 5. The molecule has 140 valence electrons. The smallest absolute Gasteiger partial charge is 0.271 e. The van der Waals surface area contributed by atoms with Crippen LogP contribution in [0.25, 0.3) is 0 Å². The maximum absolute atomic E-state index is 12.5. The molecule has 1 aliphatic rings. The first-order chi connectivity index (χ1) is 13.0. The van der Waals surface area contributed by atoms with E-state index in [4.69, 9.17) is 4.74 Å². The number of rotatable bonds is 6. The fourth-order valence-electron chi connectivity index (χ4n) is 2.96. The number of benzene rings is 2. The van der Waals surface area contributed by atoms with Gasteiger partial charge in [0.15, 0.2) is 0 Å². The molecule has 0 bridgehead atoms. The van der Waals surface area contributed by atoms with Crippen LogP contribution in [0.5, 0.6) is 5.75 Å². The molecular formula is C19H19N3O5. The number of nitrogens with zero attached hydrogens (tertiary/aromatic N) is 2. The lowest BCUT2D eigenvalue weighted by molar-refractivity contribution is -0.384. The van der Waals surface area contributed by atoms with Gasteiger partial charge < -0.3 is 15.0 Å². The van der Waals surface area contributed by atoms with Crippen LogP contribution in [0.3, 0.4) is 0 Å². The number of anilines is 2. The molecule has 0 unspecified atom stereocenters. The maximum Gasteiger partial charge on any atom is 0.271 e. The standard InChI is InChI=1S/C19H19N3O5/c1-2-27-17-8-6-15(7-9-17)21-12-13(10-18(21)23)19(24)20-14-4-3-5-16(11-14)22(25)26/h3-9,11,13H,2,10,12H2,1H3,(H,20,24)/t13-/m0/s1. The number of nitro benzene ring substituents is 1. The van der Waals surface area contributed by atoms with Crippen LogP contribution in [-0.4, -0.2) is 29.9 Å². The van der Waals surface area contributed by atoms with Gasteiger partial charge in [0.1, 0.15) is 5.75 Å². The fraction of sp³-hybridized carbons (Fsp3) is 0.263. The third-order valence-electron chi connectivity index (χ3n) is 4.28. The molecule has 1 saturated heterocycles. The van der Waals surface area contributed by atoms with E-state index in [0.717, 1.165) is 0 Å². The van der Waals surface area contributed by atoms with Gasteiger partial charge in [0, 0.05) is 36.5 Å². The number of nitrogens with one attached hydrogen (secondary N) is 1. The summed E-state index contributed by atoms with van der Waals surface area (Å²) in [5.74, 6) is -0.285. The van der Waals surface area contributed by atoms with E-state index in [0.29, 0.717) is 23.7 Å². The molecule has 0 aromatic heterocycles. The topological polar surface area (TPSA) is 102 Å². The Hall–Kier alpha value is -3.42. The van der Waals surface area contributed by atoms with Gasteiger partial charge in [-0.3, -0.25) is 19.7 Å². The summed E-state index contributed by atoms with van der Waals surface area (Å²) in [7, 11) is 0. The molecule has 3 rings (SSSR count). The molecule has 2 aromatic rings. The SMILES string of the molecule is CCOc1ccc(N2C[C@@H](C(=O)Nc3cccc([N+](=O)[O-])c3)CC2=O)cc1. The quantitative estimate of drug-likeness (QED) is 0.623. The van der Waals surface area contributed by atoms with Crippen molar-refractivity contribution in [2.75, 3.05) is 23.4 Å². The summed E-state index contributed by atoms with van der Waals surface area (Å²) >= 11 is 0. The molecule has 1 fully saturated rings. The molecule has 1 N–H and O–H groups in total. The van der Waals surface area contributed by atoms with Crippen LogP contribution in [-0.2, 0) is 9.59 Å². The van der Waals surface area contributed by atoms with Gasteiger partial charge in [-0.05, 0) is 37.3 Å². The molecule has 2 aromatic carbocycles. The molecule has 1 atom stereocenters. The highest BCUT2D eigenvalue weighted by molar-refractivity contribution is 6.03. The van der Waals surface area contributed by atoms with Crippen LogP contribution in [0, 0.1) is 16.0 Å². The molecule has 1 aliphatic heterocycles. The Morgan fingerprint density at radius 1 is 1.30 bits per heavy atom. The zero-order valence-electron chi connectivity index (χ0n) is 14.8. The number of carbonyl (C=O) groups is 2. The second-order valence-electron chi connectivity index (χ2n) is 6.13. The van der Waals surface area contributed by atoms with E-state index in [1.54, 1.807) is 35.2 Å². The minimum Gasteiger partial charge on any atom is -0.494 e. The average molecular weight is 369 g/mol. The van der Waals surface area contributed by atoms with Gasteiger partial charge in [-0.25, -0.2) is 0 Å². The van der Waals surface area contributed by atoms with Gasteiger partial charge in [-0.2, -0.15) is 0 Å². The Labute approximate surface area is 155 Å². The van der Waals surface area contributed by atoms with Crippen molar-refractivity contribution in [2.45, 2.75) is 13.3 Å². The van der Waals surface area contributed by atoms with Crippen molar-refractivity contribution < 1.29 is 19.2 Å². The van der Waals surface area contributed by atoms with Gasteiger partial charge in [-0.15, -0.1) is 0 Å². The van der Waals surface area contributed by atoms with Crippen molar-refractivity contribution in [3.05, 3.63) is 58.6 Å². The lowest BCUT2D eigenvalue weighted by Crippen LogP contribution is -2.28. The van der Waals surface area contributed by atoms with Crippen molar-refractivity contribution >= 4 is 28.9 Å². The summed E-state index contributed by atoms with van der Waals surface area (Å²) in [5, 5.41) is 13.5. The van der Waals surface area contributed by atoms with E-state index in [2.05, 4.69) is 5.32 Å². The lowest BCUT2D eigenvalue weighted by atomic mass is 10.1. The number of carbonyl (C=O) groups excluding carboxylic acids is 2. The Morgan fingerprint density at radius 2 is 2.04 bits per heavy atom. The van der Waals surface area contributed by atoms with E-state index < -0.39 is 10.8 Å². The van der Waals surface area contributed by atoms with Crippen LogP contribution >= 0.6 is 0 Å². The minimum atomic E-state index is -0.525. The molecular weight excluding hydrogens is 350 g/mol. The number of amides is 2. The van der Waals surface area contributed by atoms with Crippen LogP contribution in [0.1, 0.15) is 13.3 Å². The molecule has 0 radical (unpaired) electrons. The van der Waals surface area contributed by atoms with Crippen molar-refractivity contribution in [2.24, 2.45) is 5.92 Å². The Bertz CT molecular complexity index is 866. The normalized spacial score (nSPS) is 16.3. The predicted molar refractivity (Wildman–Crippen MR) is 99.8 cm³/mol. The Kier molecular flexibility index (Phi) is 5.35. The number of non-ortho nitro benzene ring substituents is 1. The number of hydrogen-bond donors (Lipinski definition) is 1. The van der Waals surface area contributed by atoms with E-state index in [1.807, 2.05) is 6.92 Å². The third-order valence-corrected chi connectivity index (χ3v) is 4.28. The first kappa shape index (κ1) is 18.4. The van der Waals surface area contributed by atoms with E-state index in [-0.39, 0.29) is 30.5 Å². The molecule has 1 heterocycles. The highest BCUT2D eigenvalue weighted by atomic mass is 16.6. The zero-order valence-corrected chi connectivity index (χ0v) is 14.8. The summed E-state index contributed by atoms with van der Waals surface area (Å²) in [4.78, 5) is 36.7. The molecule has 0 aliphatic carbocycles. The van der Waals surface area contributed by atoms with Crippen molar-refractivity contribution in [1.82, 2.24) is 0 Å². The molecule has 8 heteroatoms. The Morgan fingerprint density at radius 3 is 2.70 bits per heavy atom. The Balaban J connectivity index is 1.66. The summed E-state index contributed by atoms with van der Waals surface area (Å²) in [6.45, 7) is 2.71.